The zero-order valence-corrected chi connectivity index (χ0v) is 17.7. The molecule has 0 aliphatic carbocycles. The lowest BCUT2D eigenvalue weighted by atomic mass is 10.1. The van der Waals surface area contributed by atoms with Gasteiger partial charge in [-0.2, -0.15) is 4.72 Å². The molecule has 0 aliphatic rings. The second-order valence-electron chi connectivity index (χ2n) is 7.62. The van der Waals surface area contributed by atoms with Gasteiger partial charge in [-0.1, -0.05) is 24.1 Å². The monoisotopic (exact) mass is 401 g/mol. The van der Waals surface area contributed by atoms with Crippen LogP contribution in [0.1, 0.15) is 45.6 Å². The van der Waals surface area contributed by atoms with Crippen molar-refractivity contribution in [1.82, 2.24) is 15.4 Å². The Bertz CT molecular complexity index is 627. The molecule has 1 unspecified atom stereocenters. The predicted molar refractivity (Wildman–Crippen MR) is 108 cm³/mol. The summed E-state index contributed by atoms with van der Waals surface area (Å²) in [4.78, 5) is 0.268. The third kappa shape index (κ3) is 10.8. The number of unbranched alkanes of at least 4 members (excludes halogenated alkanes) is 1. The fourth-order valence-corrected chi connectivity index (χ4v) is 3.26. The maximum absolute atomic E-state index is 12.1. The van der Waals surface area contributed by atoms with E-state index >= 15 is 0 Å². The van der Waals surface area contributed by atoms with Crippen LogP contribution in [0.4, 0.5) is 0 Å². The highest BCUT2D eigenvalue weighted by Gasteiger charge is 2.13. The maximum atomic E-state index is 12.1. The molecule has 4 N–H and O–H groups in total. The van der Waals surface area contributed by atoms with E-state index in [1.165, 1.54) is 0 Å². The van der Waals surface area contributed by atoms with E-state index in [0.29, 0.717) is 13.3 Å². The smallest absolute Gasteiger partial charge is 0.241 e. The van der Waals surface area contributed by atoms with Gasteiger partial charge in [0.05, 0.1) is 30.5 Å². The Morgan fingerprint density at radius 3 is 2.41 bits per heavy atom. The SMILES string of the molecule is Cc1ccc(S(=O)(=O)NCNCCCCC(CO)NCOC(C)(C)C)cc1. The highest BCUT2D eigenvalue weighted by atomic mass is 32.2. The van der Waals surface area contributed by atoms with Gasteiger partial charge in [0.1, 0.15) is 0 Å². The van der Waals surface area contributed by atoms with Crippen LogP contribution in [-0.2, 0) is 14.8 Å². The van der Waals surface area contributed by atoms with Gasteiger partial charge in [-0.25, -0.2) is 8.42 Å². The molecule has 1 aromatic rings. The molecule has 0 saturated carbocycles. The summed E-state index contributed by atoms with van der Waals surface area (Å²) in [5, 5.41) is 15.7. The zero-order valence-electron chi connectivity index (χ0n) is 16.9. The summed E-state index contributed by atoms with van der Waals surface area (Å²) in [5.41, 5.74) is 0.816. The van der Waals surface area contributed by atoms with E-state index in [0.717, 1.165) is 24.8 Å². The number of rotatable bonds is 13. The number of benzene rings is 1. The molecule has 27 heavy (non-hydrogen) atoms. The van der Waals surface area contributed by atoms with Crippen LogP contribution in [-0.4, -0.2) is 51.7 Å². The van der Waals surface area contributed by atoms with Gasteiger partial charge in [-0.3, -0.25) is 5.32 Å². The summed E-state index contributed by atoms with van der Waals surface area (Å²) in [6, 6.07) is 6.76. The molecule has 0 amide bonds. The van der Waals surface area contributed by atoms with Gasteiger partial charge >= 0.3 is 0 Å². The largest absolute Gasteiger partial charge is 0.395 e. The van der Waals surface area contributed by atoms with Gasteiger partial charge < -0.3 is 15.2 Å². The predicted octanol–water partition coefficient (Wildman–Crippen LogP) is 1.71. The first kappa shape index (κ1) is 24.0. The minimum atomic E-state index is -3.48. The topological polar surface area (TPSA) is 99.7 Å². The molecule has 0 saturated heterocycles. The van der Waals surface area contributed by atoms with Crippen molar-refractivity contribution in [1.29, 1.82) is 0 Å². The highest BCUT2D eigenvalue weighted by molar-refractivity contribution is 7.89. The summed E-state index contributed by atoms with van der Waals surface area (Å²) in [6.45, 7) is 9.25. The van der Waals surface area contributed by atoms with Crippen molar-refractivity contribution in [3.63, 3.8) is 0 Å². The molecule has 1 rings (SSSR count). The van der Waals surface area contributed by atoms with Crippen LogP contribution in [0, 0.1) is 6.92 Å². The lowest BCUT2D eigenvalue weighted by Gasteiger charge is -2.23. The van der Waals surface area contributed by atoms with Crippen molar-refractivity contribution in [2.24, 2.45) is 0 Å². The fraction of sp³-hybridized carbons (Fsp3) is 0.684. The first-order valence-electron chi connectivity index (χ1n) is 9.39. The maximum Gasteiger partial charge on any atom is 0.241 e. The van der Waals surface area contributed by atoms with Crippen LogP contribution >= 0.6 is 0 Å². The first-order chi connectivity index (χ1) is 12.6. The van der Waals surface area contributed by atoms with E-state index in [-0.39, 0.29) is 29.8 Å². The average Bonchev–Trinajstić information content (AvgIpc) is 2.58. The molecular formula is C19H35N3O4S. The Labute approximate surface area is 163 Å². The normalized spacial score (nSPS) is 13.7. The van der Waals surface area contributed by atoms with Gasteiger partial charge in [0.2, 0.25) is 10.0 Å². The van der Waals surface area contributed by atoms with Gasteiger partial charge in [-0.05, 0) is 59.2 Å². The Morgan fingerprint density at radius 2 is 1.81 bits per heavy atom. The molecule has 1 atom stereocenters. The Balaban J connectivity index is 2.14. The van der Waals surface area contributed by atoms with Crippen LogP contribution < -0.4 is 15.4 Å². The van der Waals surface area contributed by atoms with Gasteiger partial charge in [-0.15, -0.1) is 0 Å². The standard InChI is InChI=1S/C19H35N3O4S/c1-16-8-10-18(11-9-16)27(24,25)22-14-20-12-6-5-7-17(13-23)21-15-26-19(2,3)4/h8-11,17,20-23H,5-7,12-15H2,1-4H3. The molecular weight excluding hydrogens is 366 g/mol. The number of aliphatic hydroxyl groups excluding tert-OH is 1. The molecule has 156 valence electrons. The Hall–Kier alpha value is -1.03. The number of sulfonamides is 1. The third-order valence-electron chi connectivity index (χ3n) is 3.97. The number of nitrogens with one attached hydrogen (secondary N) is 3. The second-order valence-corrected chi connectivity index (χ2v) is 9.39. The summed E-state index contributed by atoms with van der Waals surface area (Å²) in [5.74, 6) is 0. The first-order valence-corrected chi connectivity index (χ1v) is 10.9. The number of aliphatic hydroxyl groups is 1. The quantitative estimate of drug-likeness (QED) is 0.297. The van der Waals surface area contributed by atoms with Crippen molar-refractivity contribution < 1.29 is 18.3 Å². The summed E-state index contributed by atoms with van der Waals surface area (Å²) >= 11 is 0. The van der Waals surface area contributed by atoms with Crippen molar-refractivity contribution >= 4 is 10.0 Å². The van der Waals surface area contributed by atoms with Crippen LogP contribution in [0.5, 0.6) is 0 Å². The zero-order chi connectivity index (χ0) is 20.3. The fourth-order valence-electron chi connectivity index (χ4n) is 2.31. The number of hydrogen-bond acceptors (Lipinski definition) is 6. The van der Waals surface area contributed by atoms with E-state index in [9.17, 15) is 13.5 Å². The summed E-state index contributed by atoms with van der Waals surface area (Å²) in [7, 11) is -3.48. The highest BCUT2D eigenvalue weighted by Crippen LogP contribution is 2.09. The van der Waals surface area contributed by atoms with E-state index in [2.05, 4.69) is 15.4 Å². The molecule has 7 nitrogen and oxygen atoms in total. The van der Waals surface area contributed by atoms with E-state index in [1.54, 1.807) is 24.3 Å². The third-order valence-corrected chi connectivity index (χ3v) is 5.39. The Morgan fingerprint density at radius 1 is 1.15 bits per heavy atom. The lowest BCUT2D eigenvalue weighted by Crippen LogP contribution is -2.37. The van der Waals surface area contributed by atoms with Crippen LogP contribution in [0.15, 0.2) is 29.2 Å². The van der Waals surface area contributed by atoms with Crippen LogP contribution in [0.2, 0.25) is 0 Å². The van der Waals surface area contributed by atoms with E-state index < -0.39 is 10.0 Å². The molecule has 0 spiro atoms. The summed E-state index contributed by atoms with van der Waals surface area (Å²) in [6.07, 6.45) is 2.65. The second kappa shape index (κ2) is 11.7. The van der Waals surface area contributed by atoms with E-state index in [1.807, 2.05) is 27.7 Å². The average molecular weight is 402 g/mol. The van der Waals surface area contributed by atoms with E-state index in [4.69, 9.17) is 4.74 Å². The van der Waals surface area contributed by atoms with Crippen molar-refractivity contribution in [2.45, 2.75) is 63.5 Å². The van der Waals surface area contributed by atoms with Crippen LogP contribution in [0.25, 0.3) is 0 Å². The Kier molecular flexibility index (Phi) is 10.4. The molecule has 8 heteroatoms. The van der Waals surface area contributed by atoms with Gasteiger partial charge in [0.15, 0.2) is 0 Å². The van der Waals surface area contributed by atoms with Gasteiger partial charge in [0, 0.05) is 6.04 Å². The number of hydrogen-bond donors (Lipinski definition) is 4. The lowest BCUT2D eigenvalue weighted by molar-refractivity contribution is -0.0201. The molecule has 0 bridgehead atoms. The van der Waals surface area contributed by atoms with Crippen molar-refractivity contribution in [2.75, 3.05) is 26.6 Å². The molecule has 0 aromatic heterocycles. The minimum Gasteiger partial charge on any atom is -0.395 e. The molecule has 0 heterocycles. The number of ether oxygens (including phenoxy) is 1. The minimum absolute atomic E-state index is 0.00684. The number of aryl methyl sites for hydroxylation is 1. The van der Waals surface area contributed by atoms with Gasteiger partial charge in [0.25, 0.3) is 0 Å². The molecule has 0 aliphatic heterocycles. The summed E-state index contributed by atoms with van der Waals surface area (Å²) < 4.78 is 32.4. The van der Waals surface area contributed by atoms with Crippen molar-refractivity contribution in [3.8, 4) is 0 Å². The molecule has 1 aromatic carbocycles. The van der Waals surface area contributed by atoms with Crippen molar-refractivity contribution in [3.05, 3.63) is 29.8 Å². The van der Waals surface area contributed by atoms with Crippen LogP contribution in [0.3, 0.4) is 0 Å². The molecule has 0 radical (unpaired) electrons. The molecule has 0 fully saturated rings.